The zero-order valence-electron chi connectivity index (χ0n) is 6.87. The normalized spacial score (nSPS) is 13.1. The van der Waals surface area contributed by atoms with Gasteiger partial charge in [-0.3, -0.25) is 4.79 Å². The number of halogens is 6. The van der Waals surface area contributed by atoms with E-state index in [-0.39, 0.29) is 0 Å². The van der Waals surface area contributed by atoms with E-state index in [4.69, 9.17) is 0 Å². The standard InChI is InChI=1S/C6H6F6O2/c1-3(13)14-2-5(9,10)6(11,12)4(7)8/h4H,2H2,1H3. The van der Waals surface area contributed by atoms with Crippen LogP contribution in [0.2, 0.25) is 0 Å². The van der Waals surface area contributed by atoms with Gasteiger partial charge in [0.05, 0.1) is 0 Å². The van der Waals surface area contributed by atoms with Crippen LogP contribution < -0.4 is 0 Å². The van der Waals surface area contributed by atoms with Gasteiger partial charge in [-0.15, -0.1) is 0 Å². The van der Waals surface area contributed by atoms with Crippen molar-refractivity contribution in [2.75, 3.05) is 6.61 Å². The van der Waals surface area contributed by atoms with E-state index in [0.717, 1.165) is 0 Å². The van der Waals surface area contributed by atoms with Crippen molar-refractivity contribution in [3.8, 4) is 0 Å². The van der Waals surface area contributed by atoms with Crippen molar-refractivity contribution in [3.05, 3.63) is 0 Å². The fourth-order valence-corrected chi connectivity index (χ4v) is 0.448. The molecular formula is C6H6F6O2. The highest BCUT2D eigenvalue weighted by Crippen LogP contribution is 2.39. The van der Waals surface area contributed by atoms with Gasteiger partial charge < -0.3 is 4.74 Å². The fraction of sp³-hybridized carbons (Fsp3) is 0.833. The summed E-state index contributed by atoms with van der Waals surface area (Å²) in [6, 6.07) is 0. The van der Waals surface area contributed by atoms with Crippen LogP contribution in [0.1, 0.15) is 6.92 Å². The van der Waals surface area contributed by atoms with Crippen LogP contribution in [0, 0.1) is 0 Å². The molecule has 0 unspecified atom stereocenters. The molecule has 0 amide bonds. The zero-order chi connectivity index (χ0) is 11.6. The summed E-state index contributed by atoms with van der Waals surface area (Å²) >= 11 is 0. The van der Waals surface area contributed by atoms with Gasteiger partial charge in [0.25, 0.3) is 0 Å². The predicted molar refractivity (Wildman–Crippen MR) is 32.5 cm³/mol. The van der Waals surface area contributed by atoms with Crippen molar-refractivity contribution < 1.29 is 35.9 Å². The van der Waals surface area contributed by atoms with Gasteiger partial charge in [-0.2, -0.15) is 17.6 Å². The van der Waals surface area contributed by atoms with Crippen LogP contribution in [0.15, 0.2) is 0 Å². The van der Waals surface area contributed by atoms with Gasteiger partial charge in [0.15, 0.2) is 6.61 Å². The minimum Gasteiger partial charge on any atom is -0.459 e. The van der Waals surface area contributed by atoms with Crippen LogP contribution in [0.5, 0.6) is 0 Å². The van der Waals surface area contributed by atoms with Gasteiger partial charge in [-0.25, -0.2) is 8.78 Å². The third kappa shape index (κ3) is 2.78. The summed E-state index contributed by atoms with van der Waals surface area (Å²) in [5, 5.41) is 0. The van der Waals surface area contributed by atoms with E-state index in [9.17, 15) is 31.1 Å². The Balaban J connectivity index is 4.51. The molecule has 2 nitrogen and oxygen atoms in total. The number of rotatable bonds is 4. The molecule has 0 aromatic rings. The maximum Gasteiger partial charge on any atom is 0.372 e. The van der Waals surface area contributed by atoms with E-state index >= 15 is 0 Å². The van der Waals surface area contributed by atoms with E-state index < -0.39 is 30.8 Å². The molecular weight excluding hydrogens is 218 g/mol. The highest BCUT2D eigenvalue weighted by atomic mass is 19.3. The first-order valence-corrected chi connectivity index (χ1v) is 3.28. The second kappa shape index (κ2) is 4.05. The van der Waals surface area contributed by atoms with E-state index in [0.29, 0.717) is 6.92 Å². The Kier molecular flexibility index (Phi) is 3.78. The summed E-state index contributed by atoms with van der Waals surface area (Å²) in [6.45, 7) is -1.38. The molecule has 0 heterocycles. The van der Waals surface area contributed by atoms with Gasteiger partial charge in [-0.1, -0.05) is 0 Å². The molecule has 0 fully saturated rings. The highest BCUT2D eigenvalue weighted by molar-refractivity contribution is 5.65. The lowest BCUT2D eigenvalue weighted by Crippen LogP contribution is -2.49. The molecule has 0 aliphatic heterocycles. The molecule has 0 aliphatic rings. The first-order valence-electron chi connectivity index (χ1n) is 3.28. The average Bonchev–Trinajstić information content (AvgIpc) is 2.00. The Bertz CT molecular complexity index is 214. The third-order valence-electron chi connectivity index (χ3n) is 1.22. The summed E-state index contributed by atoms with van der Waals surface area (Å²) in [6.07, 6.45) is -4.52. The monoisotopic (exact) mass is 224 g/mol. The van der Waals surface area contributed by atoms with Crippen LogP contribution in [0.25, 0.3) is 0 Å². The topological polar surface area (TPSA) is 26.3 Å². The maximum atomic E-state index is 12.3. The first-order chi connectivity index (χ1) is 6.11. The summed E-state index contributed by atoms with van der Waals surface area (Å²) < 4.78 is 75.2. The average molecular weight is 224 g/mol. The van der Waals surface area contributed by atoms with Crippen LogP contribution >= 0.6 is 0 Å². The van der Waals surface area contributed by atoms with E-state index in [2.05, 4.69) is 4.74 Å². The SMILES string of the molecule is CC(=O)OCC(F)(F)C(F)(F)C(F)F. The second-order valence-corrected chi connectivity index (χ2v) is 2.41. The van der Waals surface area contributed by atoms with Gasteiger partial charge in [-0.05, 0) is 0 Å². The number of alkyl halides is 6. The van der Waals surface area contributed by atoms with E-state index in [1.807, 2.05) is 0 Å². The van der Waals surface area contributed by atoms with Crippen molar-refractivity contribution in [1.29, 1.82) is 0 Å². The summed E-state index contributed by atoms with van der Waals surface area (Å²) in [5.41, 5.74) is 0. The van der Waals surface area contributed by atoms with Crippen LogP contribution in [-0.2, 0) is 9.53 Å². The van der Waals surface area contributed by atoms with Gasteiger partial charge in [0, 0.05) is 6.92 Å². The molecule has 0 aromatic carbocycles. The van der Waals surface area contributed by atoms with Crippen LogP contribution in [-0.4, -0.2) is 30.8 Å². The highest BCUT2D eigenvalue weighted by Gasteiger charge is 2.63. The van der Waals surface area contributed by atoms with Gasteiger partial charge >= 0.3 is 24.2 Å². The van der Waals surface area contributed by atoms with E-state index in [1.165, 1.54) is 0 Å². The summed E-state index contributed by atoms with van der Waals surface area (Å²) in [7, 11) is 0. The molecule has 0 N–H and O–H groups in total. The lowest BCUT2D eigenvalue weighted by Gasteiger charge is -2.24. The number of carbonyl (C=O) groups excluding carboxylic acids is 1. The molecule has 84 valence electrons. The lowest BCUT2D eigenvalue weighted by molar-refractivity contribution is -0.276. The molecule has 0 rings (SSSR count). The summed E-state index contributed by atoms with van der Waals surface area (Å²) in [5.74, 6) is -11.8. The summed E-state index contributed by atoms with van der Waals surface area (Å²) in [4.78, 5) is 10.00. The molecule has 0 aliphatic carbocycles. The van der Waals surface area contributed by atoms with Crippen LogP contribution in [0.4, 0.5) is 26.3 Å². The maximum absolute atomic E-state index is 12.3. The number of esters is 1. The Hall–Kier alpha value is -0.950. The van der Waals surface area contributed by atoms with Crippen molar-refractivity contribution in [2.24, 2.45) is 0 Å². The van der Waals surface area contributed by atoms with Crippen LogP contribution in [0.3, 0.4) is 0 Å². The molecule has 0 spiro atoms. The molecule has 0 saturated carbocycles. The van der Waals surface area contributed by atoms with Gasteiger partial charge in [0.1, 0.15) is 0 Å². The zero-order valence-corrected chi connectivity index (χ0v) is 6.87. The van der Waals surface area contributed by atoms with Crippen molar-refractivity contribution in [1.82, 2.24) is 0 Å². The molecule has 0 aromatic heterocycles. The van der Waals surface area contributed by atoms with E-state index in [1.54, 1.807) is 0 Å². The number of carbonyl (C=O) groups is 1. The largest absolute Gasteiger partial charge is 0.459 e. The number of hydrogen-bond acceptors (Lipinski definition) is 2. The second-order valence-electron chi connectivity index (χ2n) is 2.41. The Morgan fingerprint density at radius 3 is 2.00 bits per heavy atom. The number of hydrogen-bond donors (Lipinski definition) is 0. The molecule has 8 heteroatoms. The lowest BCUT2D eigenvalue weighted by atomic mass is 10.2. The van der Waals surface area contributed by atoms with Crippen molar-refractivity contribution in [2.45, 2.75) is 25.2 Å². The molecule has 0 atom stereocenters. The smallest absolute Gasteiger partial charge is 0.372 e. The van der Waals surface area contributed by atoms with Crippen molar-refractivity contribution >= 4 is 5.97 Å². The molecule has 14 heavy (non-hydrogen) atoms. The Morgan fingerprint density at radius 1 is 1.29 bits per heavy atom. The fourth-order valence-electron chi connectivity index (χ4n) is 0.448. The quantitative estimate of drug-likeness (QED) is 0.539. The molecule has 0 saturated heterocycles. The first kappa shape index (κ1) is 13.0. The molecule has 0 bridgehead atoms. The van der Waals surface area contributed by atoms with Gasteiger partial charge in [0.2, 0.25) is 0 Å². The molecule has 0 radical (unpaired) electrons. The minimum absolute atomic E-state index is 0.691. The van der Waals surface area contributed by atoms with Crippen molar-refractivity contribution in [3.63, 3.8) is 0 Å². The Morgan fingerprint density at radius 2 is 1.71 bits per heavy atom. The Labute approximate surface area is 74.8 Å². The predicted octanol–water partition coefficient (Wildman–Crippen LogP) is 2.09. The number of ether oxygens (including phenoxy) is 1. The minimum atomic E-state index is -5.51. The third-order valence-corrected chi connectivity index (χ3v) is 1.22.